The molecule has 0 aliphatic heterocycles. The Hall–Kier alpha value is -1.56. The van der Waals surface area contributed by atoms with E-state index in [4.69, 9.17) is 0 Å². The largest absolute Gasteiger partial charge is 0.522 e. The summed E-state index contributed by atoms with van der Waals surface area (Å²) in [6, 6.07) is 5.77. The Morgan fingerprint density at radius 2 is 1.94 bits per heavy atom. The maximum atomic E-state index is 12.9. The fourth-order valence-corrected chi connectivity index (χ4v) is 1.63. The van der Waals surface area contributed by atoms with Crippen LogP contribution in [0.5, 0.6) is 0 Å². The molecule has 0 bridgehead atoms. The molecule has 0 radical (unpaired) electrons. The fraction of sp³-hybridized carbons (Fsp3) is 0.273. The minimum Gasteiger partial charge on any atom is -0.345 e. The van der Waals surface area contributed by atoms with Crippen molar-refractivity contribution in [1.29, 1.82) is 0 Å². The van der Waals surface area contributed by atoms with Crippen LogP contribution < -0.4 is 0 Å². The third-order valence-corrected chi connectivity index (χ3v) is 2.33. The van der Waals surface area contributed by atoms with Crippen LogP contribution in [0.15, 0.2) is 30.5 Å². The molecule has 0 spiro atoms. The molecule has 0 atom stereocenters. The van der Waals surface area contributed by atoms with Gasteiger partial charge in [-0.3, -0.25) is 4.74 Å². The number of ether oxygens (including phenoxy) is 1. The number of fused-ring (bicyclic) bond motifs is 1. The van der Waals surface area contributed by atoms with E-state index in [9.17, 15) is 17.6 Å². The van der Waals surface area contributed by atoms with Crippen LogP contribution >= 0.6 is 0 Å². The van der Waals surface area contributed by atoms with Crippen LogP contribution in [0.1, 0.15) is 0 Å². The molecule has 1 aromatic carbocycles. The first kappa shape index (κ1) is 11.9. The van der Waals surface area contributed by atoms with Gasteiger partial charge in [-0.25, -0.2) is 4.39 Å². The van der Waals surface area contributed by atoms with E-state index >= 15 is 0 Å². The van der Waals surface area contributed by atoms with Crippen LogP contribution in [-0.4, -0.2) is 17.5 Å². The lowest BCUT2D eigenvalue weighted by molar-refractivity contribution is -0.325. The lowest BCUT2D eigenvalue weighted by atomic mass is 10.2. The molecule has 1 heterocycles. The smallest absolute Gasteiger partial charge is 0.345 e. The molecule has 0 N–H and O–H groups in total. The lowest BCUT2D eigenvalue weighted by Crippen LogP contribution is -2.17. The molecule has 0 saturated carbocycles. The Balaban J connectivity index is 2.09. The van der Waals surface area contributed by atoms with Crippen molar-refractivity contribution >= 4 is 10.9 Å². The van der Waals surface area contributed by atoms with Crippen molar-refractivity contribution in [3.63, 3.8) is 0 Å². The summed E-state index contributed by atoms with van der Waals surface area (Å²) in [6.45, 7) is -0.403. The summed E-state index contributed by atoms with van der Waals surface area (Å²) < 4.78 is 53.4. The van der Waals surface area contributed by atoms with Crippen LogP contribution in [0.25, 0.3) is 10.9 Å². The standard InChI is InChI=1S/C11H9F4NO/c12-9-1-2-10-8(7-9)3-4-16(10)5-6-17-11(13,14)15/h1-4,7H,5-6H2. The molecule has 2 aromatic rings. The van der Waals surface area contributed by atoms with E-state index in [1.807, 2.05) is 0 Å². The minimum atomic E-state index is -4.62. The highest BCUT2D eigenvalue weighted by atomic mass is 19.4. The summed E-state index contributed by atoms with van der Waals surface area (Å²) in [7, 11) is 0. The number of rotatable bonds is 3. The maximum absolute atomic E-state index is 12.9. The van der Waals surface area contributed by atoms with Gasteiger partial charge < -0.3 is 4.57 Å². The zero-order valence-corrected chi connectivity index (χ0v) is 8.67. The zero-order valence-electron chi connectivity index (χ0n) is 8.67. The van der Waals surface area contributed by atoms with Gasteiger partial charge in [0, 0.05) is 23.6 Å². The van der Waals surface area contributed by atoms with E-state index in [1.54, 1.807) is 16.8 Å². The van der Waals surface area contributed by atoms with Crippen molar-refractivity contribution < 1.29 is 22.3 Å². The monoisotopic (exact) mass is 247 g/mol. The number of alkyl halides is 3. The van der Waals surface area contributed by atoms with Gasteiger partial charge in [-0.1, -0.05) is 0 Å². The van der Waals surface area contributed by atoms with Crippen molar-refractivity contribution in [2.45, 2.75) is 12.9 Å². The second kappa shape index (κ2) is 4.37. The van der Waals surface area contributed by atoms with Crippen LogP contribution in [0.4, 0.5) is 17.6 Å². The molecule has 92 valence electrons. The molecule has 0 amide bonds. The number of hydrogen-bond acceptors (Lipinski definition) is 1. The Kier molecular flexibility index (Phi) is 3.06. The van der Waals surface area contributed by atoms with Crippen molar-refractivity contribution in [3.8, 4) is 0 Å². The minimum absolute atomic E-state index is 0.0641. The Morgan fingerprint density at radius 3 is 2.65 bits per heavy atom. The summed E-state index contributed by atoms with van der Waals surface area (Å²) in [5.74, 6) is -0.373. The van der Waals surface area contributed by atoms with Gasteiger partial charge in [-0.15, -0.1) is 13.2 Å². The molecule has 0 aliphatic rings. The van der Waals surface area contributed by atoms with E-state index in [-0.39, 0.29) is 12.4 Å². The highest BCUT2D eigenvalue weighted by Crippen LogP contribution is 2.19. The van der Waals surface area contributed by atoms with Gasteiger partial charge in [0.15, 0.2) is 0 Å². The summed E-state index contributed by atoms with van der Waals surface area (Å²) in [6.07, 6.45) is -3.01. The number of hydrogen-bond donors (Lipinski definition) is 0. The molecular formula is C11H9F4NO. The third kappa shape index (κ3) is 2.97. The molecule has 0 aliphatic carbocycles. The van der Waals surface area contributed by atoms with Gasteiger partial charge in [-0.2, -0.15) is 0 Å². The second-order valence-corrected chi connectivity index (χ2v) is 3.51. The summed E-state index contributed by atoms with van der Waals surface area (Å²) in [5, 5.41) is 0.650. The van der Waals surface area contributed by atoms with Crippen molar-refractivity contribution in [3.05, 3.63) is 36.3 Å². The van der Waals surface area contributed by atoms with E-state index in [0.717, 1.165) is 0 Å². The molecule has 0 saturated heterocycles. The van der Waals surface area contributed by atoms with Crippen molar-refractivity contribution in [2.24, 2.45) is 0 Å². The highest BCUT2D eigenvalue weighted by molar-refractivity contribution is 5.80. The van der Waals surface area contributed by atoms with E-state index < -0.39 is 13.0 Å². The predicted molar refractivity (Wildman–Crippen MR) is 53.9 cm³/mol. The third-order valence-electron chi connectivity index (χ3n) is 2.33. The van der Waals surface area contributed by atoms with Gasteiger partial charge in [-0.05, 0) is 24.3 Å². The van der Waals surface area contributed by atoms with Gasteiger partial charge in [0.1, 0.15) is 5.82 Å². The Bertz CT molecular complexity index is 518. The normalized spacial score (nSPS) is 12.2. The van der Waals surface area contributed by atoms with Gasteiger partial charge >= 0.3 is 6.36 Å². The summed E-state index contributed by atoms with van der Waals surface area (Å²) >= 11 is 0. The molecule has 0 fully saturated rings. The second-order valence-electron chi connectivity index (χ2n) is 3.51. The van der Waals surface area contributed by atoms with Crippen LogP contribution in [0.3, 0.4) is 0 Å². The summed E-state index contributed by atoms with van der Waals surface area (Å²) in [4.78, 5) is 0. The average Bonchev–Trinajstić information content (AvgIpc) is 2.59. The van der Waals surface area contributed by atoms with E-state index in [1.165, 1.54) is 18.2 Å². The number of benzene rings is 1. The number of aromatic nitrogens is 1. The van der Waals surface area contributed by atoms with Crippen LogP contribution in [-0.2, 0) is 11.3 Å². The summed E-state index contributed by atoms with van der Waals surface area (Å²) in [5.41, 5.74) is 0.678. The first-order valence-electron chi connectivity index (χ1n) is 4.91. The molecule has 2 rings (SSSR count). The zero-order chi connectivity index (χ0) is 12.5. The van der Waals surface area contributed by atoms with Gasteiger partial charge in [0.2, 0.25) is 0 Å². The highest BCUT2D eigenvalue weighted by Gasteiger charge is 2.28. The van der Waals surface area contributed by atoms with Crippen LogP contribution in [0, 0.1) is 5.82 Å². The van der Waals surface area contributed by atoms with Gasteiger partial charge in [0.25, 0.3) is 0 Å². The first-order chi connectivity index (χ1) is 7.96. The quantitative estimate of drug-likeness (QED) is 0.759. The molecule has 17 heavy (non-hydrogen) atoms. The first-order valence-corrected chi connectivity index (χ1v) is 4.91. The predicted octanol–water partition coefficient (Wildman–Crippen LogP) is 3.32. The molecule has 2 nitrogen and oxygen atoms in total. The van der Waals surface area contributed by atoms with E-state index in [2.05, 4.69) is 4.74 Å². The molecule has 1 aromatic heterocycles. The van der Waals surface area contributed by atoms with E-state index in [0.29, 0.717) is 10.9 Å². The SMILES string of the molecule is Fc1ccc2c(ccn2CCOC(F)(F)F)c1. The molecule has 0 unspecified atom stereocenters. The van der Waals surface area contributed by atoms with Crippen molar-refractivity contribution in [1.82, 2.24) is 4.57 Å². The number of nitrogens with zero attached hydrogens (tertiary/aromatic N) is 1. The number of halogens is 4. The Labute approximate surface area is 94.4 Å². The van der Waals surface area contributed by atoms with Crippen LogP contribution in [0.2, 0.25) is 0 Å². The molecular weight excluding hydrogens is 238 g/mol. The fourth-order valence-electron chi connectivity index (χ4n) is 1.63. The topological polar surface area (TPSA) is 14.2 Å². The van der Waals surface area contributed by atoms with Gasteiger partial charge in [0.05, 0.1) is 6.61 Å². The average molecular weight is 247 g/mol. The lowest BCUT2D eigenvalue weighted by Gasteiger charge is -2.08. The van der Waals surface area contributed by atoms with Crippen molar-refractivity contribution in [2.75, 3.05) is 6.61 Å². The Morgan fingerprint density at radius 1 is 1.18 bits per heavy atom. The molecule has 6 heteroatoms. The maximum Gasteiger partial charge on any atom is 0.522 e.